The zero-order valence-corrected chi connectivity index (χ0v) is 16.0. The highest BCUT2D eigenvalue weighted by molar-refractivity contribution is 5.80. The molecule has 0 radical (unpaired) electrons. The van der Waals surface area contributed by atoms with Crippen molar-refractivity contribution in [3.63, 3.8) is 0 Å². The number of esters is 1. The van der Waals surface area contributed by atoms with Gasteiger partial charge in [0.1, 0.15) is 11.7 Å². The Morgan fingerprint density at radius 3 is 2.29 bits per heavy atom. The Hall–Kier alpha value is -2.54. The van der Waals surface area contributed by atoms with E-state index in [2.05, 4.69) is 5.32 Å². The number of rotatable bonds is 8. The smallest absolute Gasteiger partial charge is 0.324 e. The van der Waals surface area contributed by atoms with Crippen LogP contribution in [0.5, 0.6) is 0 Å². The van der Waals surface area contributed by atoms with Crippen LogP contribution in [-0.2, 0) is 27.3 Å². The number of nitrogens with one attached hydrogen (secondary N) is 1. The van der Waals surface area contributed by atoms with Crippen molar-refractivity contribution in [3.8, 4) is 0 Å². The first-order valence-corrected chi connectivity index (χ1v) is 9.49. The first-order valence-electron chi connectivity index (χ1n) is 9.49. The molecule has 2 aromatic rings. The number of carbonyl (C=O) groups excluding carboxylic acids is 2. The molecule has 0 spiro atoms. The second-order valence-corrected chi connectivity index (χ2v) is 6.94. The van der Waals surface area contributed by atoms with Crippen molar-refractivity contribution in [3.05, 3.63) is 71.8 Å². The van der Waals surface area contributed by atoms with Gasteiger partial charge in [-0.2, -0.15) is 0 Å². The minimum absolute atomic E-state index is 0.237. The van der Waals surface area contributed by atoms with Gasteiger partial charge < -0.3 is 9.84 Å². The van der Waals surface area contributed by atoms with Gasteiger partial charge in [-0.15, -0.1) is 0 Å². The normalized spacial score (nSPS) is 24.8. The Balaban J connectivity index is 1.99. The van der Waals surface area contributed by atoms with Crippen LogP contribution in [0, 0.1) is 0 Å². The monoisotopic (exact) mass is 382 g/mol. The van der Waals surface area contributed by atoms with Gasteiger partial charge in [-0.3, -0.25) is 19.8 Å². The van der Waals surface area contributed by atoms with Crippen molar-refractivity contribution in [2.24, 2.45) is 0 Å². The number of aliphatic hydroxyl groups excluding tert-OH is 1. The predicted octanol–water partition coefficient (Wildman–Crippen LogP) is 1.52. The van der Waals surface area contributed by atoms with Gasteiger partial charge in [0.2, 0.25) is 0 Å². The van der Waals surface area contributed by atoms with Crippen LogP contribution in [0.4, 0.5) is 0 Å². The Bertz CT molecular complexity index is 784. The highest BCUT2D eigenvalue weighted by Crippen LogP contribution is 2.31. The van der Waals surface area contributed by atoms with E-state index in [1.807, 2.05) is 65.6 Å². The lowest BCUT2D eigenvalue weighted by Gasteiger charge is -2.36. The maximum atomic E-state index is 12.5. The highest BCUT2D eigenvalue weighted by Gasteiger charge is 2.53. The molecule has 0 amide bonds. The molecular formula is C22H26N2O4. The molecule has 0 aromatic heterocycles. The Kier molecular flexibility index (Phi) is 6.57. The van der Waals surface area contributed by atoms with E-state index >= 15 is 0 Å². The van der Waals surface area contributed by atoms with Crippen LogP contribution < -0.4 is 5.32 Å². The lowest BCUT2D eigenvalue weighted by Crippen LogP contribution is -2.56. The molecule has 6 nitrogen and oxygen atoms in total. The third kappa shape index (κ3) is 4.14. The molecular weight excluding hydrogens is 356 g/mol. The molecule has 148 valence electrons. The van der Waals surface area contributed by atoms with E-state index in [-0.39, 0.29) is 13.2 Å². The van der Waals surface area contributed by atoms with Crippen LogP contribution in [0.1, 0.15) is 18.1 Å². The molecule has 0 saturated carbocycles. The number of aliphatic hydroxyl groups is 1. The van der Waals surface area contributed by atoms with Crippen molar-refractivity contribution in [2.75, 3.05) is 13.2 Å². The number of hydrogen-bond acceptors (Lipinski definition) is 6. The van der Waals surface area contributed by atoms with Crippen LogP contribution in [0.3, 0.4) is 0 Å². The van der Waals surface area contributed by atoms with Crippen molar-refractivity contribution >= 4 is 12.3 Å². The van der Waals surface area contributed by atoms with Crippen molar-refractivity contribution in [1.82, 2.24) is 10.2 Å². The van der Waals surface area contributed by atoms with E-state index in [9.17, 15) is 14.7 Å². The largest absolute Gasteiger partial charge is 0.465 e. The van der Waals surface area contributed by atoms with Crippen molar-refractivity contribution in [2.45, 2.75) is 37.6 Å². The summed E-state index contributed by atoms with van der Waals surface area (Å²) in [5, 5.41) is 13.3. The third-order valence-corrected chi connectivity index (χ3v) is 5.14. The Morgan fingerprint density at radius 1 is 1.14 bits per heavy atom. The fourth-order valence-corrected chi connectivity index (χ4v) is 3.82. The van der Waals surface area contributed by atoms with Crippen LogP contribution >= 0.6 is 0 Å². The van der Waals surface area contributed by atoms with E-state index in [1.165, 1.54) is 0 Å². The van der Waals surface area contributed by atoms with Crippen LogP contribution in [0.25, 0.3) is 0 Å². The average molecular weight is 382 g/mol. The summed E-state index contributed by atoms with van der Waals surface area (Å²) in [6, 6.07) is 18.0. The predicted molar refractivity (Wildman–Crippen MR) is 105 cm³/mol. The topological polar surface area (TPSA) is 78.9 Å². The summed E-state index contributed by atoms with van der Waals surface area (Å²) in [6.45, 7) is 2.12. The van der Waals surface area contributed by atoms with E-state index < -0.39 is 23.7 Å². The maximum absolute atomic E-state index is 12.5. The molecule has 1 heterocycles. The van der Waals surface area contributed by atoms with Gasteiger partial charge in [0.05, 0.1) is 19.3 Å². The summed E-state index contributed by atoms with van der Waals surface area (Å²) >= 11 is 0. The van der Waals surface area contributed by atoms with Crippen LogP contribution in [-0.4, -0.2) is 53.2 Å². The quantitative estimate of drug-likeness (QED) is 0.532. The summed E-state index contributed by atoms with van der Waals surface area (Å²) < 4.78 is 5.19. The fourth-order valence-electron chi connectivity index (χ4n) is 3.82. The zero-order valence-electron chi connectivity index (χ0n) is 16.0. The van der Waals surface area contributed by atoms with Gasteiger partial charge in [-0.25, -0.2) is 0 Å². The standard InChI is InChI=1S/C22H26N2O4/c1-2-28-21(27)20-19(15-25)24(14-18-11-7-4-8-12-18)22(16-26,23-20)13-17-9-5-3-6-10-17/h3-12,16,19-20,23,25H,2,13-15H2,1H3. The minimum Gasteiger partial charge on any atom is -0.465 e. The summed E-state index contributed by atoms with van der Waals surface area (Å²) in [4.78, 5) is 26.8. The van der Waals surface area contributed by atoms with E-state index in [0.29, 0.717) is 13.0 Å². The first kappa shape index (κ1) is 20.2. The first-order chi connectivity index (χ1) is 13.6. The molecule has 1 aliphatic heterocycles. The molecule has 6 heteroatoms. The summed E-state index contributed by atoms with van der Waals surface area (Å²) in [7, 11) is 0. The number of benzene rings is 2. The molecule has 0 bridgehead atoms. The van der Waals surface area contributed by atoms with E-state index in [4.69, 9.17) is 4.74 Å². The number of aldehydes is 1. The van der Waals surface area contributed by atoms with Gasteiger partial charge in [0, 0.05) is 13.0 Å². The van der Waals surface area contributed by atoms with Gasteiger partial charge in [-0.05, 0) is 18.1 Å². The van der Waals surface area contributed by atoms with Crippen molar-refractivity contribution in [1.29, 1.82) is 0 Å². The van der Waals surface area contributed by atoms with Gasteiger partial charge in [0.15, 0.2) is 6.29 Å². The van der Waals surface area contributed by atoms with Gasteiger partial charge >= 0.3 is 5.97 Å². The number of carbonyl (C=O) groups is 2. The molecule has 0 aliphatic carbocycles. The Labute approximate surface area is 165 Å². The molecule has 1 fully saturated rings. The maximum Gasteiger partial charge on any atom is 0.324 e. The number of nitrogens with zero attached hydrogens (tertiary/aromatic N) is 1. The molecule has 3 atom stereocenters. The minimum atomic E-state index is -1.12. The SMILES string of the molecule is CCOC(=O)C1NC(C=O)(Cc2ccccc2)N(Cc2ccccc2)C1CO. The zero-order chi connectivity index (χ0) is 20.0. The molecule has 2 N–H and O–H groups in total. The van der Waals surface area contributed by atoms with E-state index in [0.717, 1.165) is 17.4 Å². The lowest BCUT2D eigenvalue weighted by atomic mass is 9.99. The average Bonchev–Trinajstić information content (AvgIpc) is 3.03. The molecule has 28 heavy (non-hydrogen) atoms. The van der Waals surface area contributed by atoms with E-state index in [1.54, 1.807) is 6.92 Å². The van der Waals surface area contributed by atoms with Crippen LogP contribution in [0.15, 0.2) is 60.7 Å². The summed E-state index contributed by atoms with van der Waals surface area (Å²) in [6.07, 6.45) is 1.21. The number of ether oxygens (including phenoxy) is 1. The highest BCUT2D eigenvalue weighted by atomic mass is 16.5. The second-order valence-electron chi connectivity index (χ2n) is 6.94. The van der Waals surface area contributed by atoms with Crippen molar-refractivity contribution < 1.29 is 19.4 Å². The molecule has 2 aromatic carbocycles. The second kappa shape index (κ2) is 9.10. The van der Waals surface area contributed by atoms with Gasteiger partial charge in [0.25, 0.3) is 0 Å². The lowest BCUT2D eigenvalue weighted by molar-refractivity contribution is -0.146. The summed E-state index contributed by atoms with van der Waals surface area (Å²) in [5.74, 6) is -0.462. The molecule has 3 rings (SSSR count). The third-order valence-electron chi connectivity index (χ3n) is 5.14. The summed E-state index contributed by atoms with van der Waals surface area (Å²) in [5.41, 5.74) is 0.829. The molecule has 1 aliphatic rings. The molecule has 1 saturated heterocycles. The fraction of sp³-hybridized carbons (Fsp3) is 0.364. The number of hydrogen-bond donors (Lipinski definition) is 2. The van der Waals surface area contributed by atoms with Gasteiger partial charge in [-0.1, -0.05) is 60.7 Å². The van der Waals surface area contributed by atoms with Crippen LogP contribution in [0.2, 0.25) is 0 Å². The Morgan fingerprint density at radius 2 is 1.75 bits per heavy atom. The molecule has 3 unspecified atom stereocenters.